The maximum atomic E-state index is 13.5. The van der Waals surface area contributed by atoms with Gasteiger partial charge in [0.15, 0.2) is 0 Å². The third-order valence-electron chi connectivity index (χ3n) is 5.57. The van der Waals surface area contributed by atoms with Gasteiger partial charge in [0.1, 0.15) is 0 Å². The zero-order valence-electron chi connectivity index (χ0n) is 18.7. The first-order valence-corrected chi connectivity index (χ1v) is 14.4. The second-order valence-corrected chi connectivity index (χ2v) is 12.5. The van der Waals surface area contributed by atoms with Crippen LogP contribution in [0.4, 0.5) is 0 Å². The summed E-state index contributed by atoms with van der Waals surface area (Å²) in [6.07, 6.45) is 3.97. The van der Waals surface area contributed by atoms with Crippen LogP contribution in [-0.4, -0.2) is 28.6 Å². The molecule has 0 amide bonds. The predicted molar refractivity (Wildman–Crippen MR) is 146 cm³/mol. The molecule has 0 saturated carbocycles. The number of fused-ring (bicyclic) bond motifs is 1. The minimum absolute atomic E-state index is 0.131. The molecule has 0 unspecified atom stereocenters. The van der Waals surface area contributed by atoms with E-state index in [2.05, 4.69) is 18.2 Å². The molecule has 173 valence electrons. The summed E-state index contributed by atoms with van der Waals surface area (Å²) in [4.78, 5) is 18.3. The average molecular weight is 545 g/mol. The van der Waals surface area contributed by atoms with Gasteiger partial charge < -0.3 is 0 Å². The Balaban J connectivity index is 1.58. The van der Waals surface area contributed by atoms with Crippen LogP contribution in [0.15, 0.2) is 114 Å². The Hall–Kier alpha value is -3.63. The van der Waals surface area contributed by atoms with E-state index >= 15 is 0 Å². The van der Waals surface area contributed by atoms with Crippen LogP contribution in [0.2, 0.25) is 10.3 Å². The minimum atomic E-state index is -1.59. The molecule has 0 atom stereocenters. The van der Waals surface area contributed by atoms with Gasteiger partial charge in [-0.15, -0.1) is 0 Å². The number of para-hydroxylation sites is 2. The number of halogens is 1. The van der Waals surface area contributed by atoms with E-state index in [0.29, 0.717) is 33.2 Å². The van der Waals surface area contributed by atoms with Crippen molar-refractivity contribution in [3.8, 4) is 11.4 Å². The van der Waals surface area contributed by atoms with Gasteiger partial charge in [0, 0.05) is 0 Å². The summed E-state index contributed by atoms with van der Waals surface area (Å²) in [6, 6.07) is 32.3. The molecule has 1 aromatic heterocycles. The van der Waals surface area contributed by atoms with E-state index in [1.54, 1.807) is 28.8 Å². The van der Waals surface area contributed by atoms with Crippen molar-refractivity contribution in [2.45, 2.75) is 5.32 Å². The molecule has 1 radical (unpaired) electrons. The van der Waals surface area contributed by atoms with Gasteiger partial charge >= 0.3 is 213 Å². The van der Waals surface area contributed by atoms with Crippen molar-refractivity contribution in [1.82, 2.24) is 9.55 Å². The third-order valence-corrected chi connectivity index (χ3v) is 10.5. The van der Waals surface area contributed by atoms with Crippen LogP contribution >= 0.6 is 11.6 Å². The fraction of sp³-hybridized carbons (Fsp3) is 0.0345. The van der Waals surface area contributed by atoms with Crippen molar-refractivity contribution in [2.24, 2.45) is 0 Å². The van der Waals surface area contributed by atoms with Crippen molar-refractivity contribution in [3.63, 3.8) is 0 Å². The van der Waals surface area contributed by atoms with Gasteiger partial charge in [-0.3, -0.25) is 0 Å². The first-order chi connectivity index (χ1) is 17.1. The fourth-order valence-corrected chi connectivity index (χ4v) is 8.16. The second kappa shape index (κ2) is 10.3. The number of aromatic nitrogens is 2. The first-order valence-electron chi connectivity index (χ1n) is 11.1. The molecule has 0 aliphatic carbocycles. The van der Waals surface area contributed by atoms with E-state index in [1.165, 1.54) is 4.46 Å². The predicted octanol–water partition coefficient (Wildman–Crippen LogP) is 5.07. The number of nitrogens with zero attached hydrogens (tertiary/aromatic N) is 2. The molecular weight excluding hydrogens is 523 g/mol. The summed E-state index contributed by atoms with van der Waals surface area (Å²) in [6.45, 7) is 0. The number of benzene rings is 4. The third kappa shape index (κ3) is 4.94. The van der Waals surface area contributed by atoms with Crippen molar-refractivity contribution in [3.05, 3.63) is 130 Å². The summed E-state index contributed by atoms with van der Waals surface area (Å²) in [5.41, 5.74) is 1.22. The van der Waals surface area contributed by atoms with Crippen LogP contribution in [0.5, 0.6) is 5.75 Å². The Morgan fingerprint density at radius 3 is 2.31 bits per heavy atom. The van der Waals surface area contributed by atoms with Gasteiger partial charge in [0.05, 0.1) is 0 Å². The molecule has 0 aliphatic rings. The Kier molecular flexibility index (Phi) is 6.82. The second-order valence-electron chi connectivity index (χ2n) is 7.84. The van der Waals surface area contributed by atoms with Gasteiger partial charge in [-0.05, 0) is 0 Å². The summed E-state index contributed by atoms with van der Waals surface area (Å²) in [5, 5.41) is 12.5. The van der Waals surface area contributed by atoms with Gasteiger partial charge in [-0.25, -0.2) is 0 Å². The van der Waals surface area contributed by atoms with Crippen molar-refractivity contribution >= 4 is 51.4 Å². The molecule has 5 aromatic rings. The van der Waals surface area contributed by atoms with Gasteiger partial charge in [-0.1, -0.05) is 0 Å². The Labute approximate surface area is 212 Å². The van der Waals surface area contributed by atoms with E-state index in [4.69, 9.17) is 16.6 Å². The molecule has 0 spiro atoms. The van der Waals surface area contributed by atoms with Crippen LogP contribution in [0.1, 0.15) is 5.82 Å². The normalized spacial score (nSPS) is 11.5. The number of phenolic OH excluding ortho intramolecular Hbond substituents is 1. The van der Waals surface area contributed by atoms with E-state index in [-0.39, 0.29) is 5.56 Å². The zero-order valence-corrected chi connectivity index (χ0v) is 21.2. The van der Waals surface area contributed by atoms with Gasteiger partial charge in [-0.2, -0.15) is 0 Å². The number of aromatic hydroxyl groups is 1. The molecule has 0 saturated heterocycles. The molecule has 0 bridgehead atoms. The van der Waals surface area contributed by atoms with Crippen molar-refractivity contribution in [2.75, 3.05) is 0 Å². The number of hydrogen-bond donors (Lipinski definition) is 1. The van der Waals surface area contributed by atoms with E-state index in [0.717, 1.165) is 9.78 Å². The summed E-state index contributed by atoms with van der Waals surface area (Å²) >= 11 is 4.50. The molecule has 6 heteroatoms. The van der Waals surface area contributed by atoms with E-state index < -0.39 is 13.9 Å². The molecule has 0 aliphatic heterocycles. The Morgan fingerprint density at radius 1 is 0.857 bits per heavy atom. The van der Waals surface area contributed by atoms with Gasteiger partial charge in [0.25, 0.3) is 0 Å². The van der Waals surface area contributed by atoms with Crippen LogP contribution in [0, 0.1) is 0 Å². The number of allylic oxidation sites excluding steroid dienone is 1. The SMILES string of the molecule is O=c1c2ccccc2nc(/C=C/C[Se](c2ccccc2)c2ccccc2O)n1-c1ccc(Cl)cc1. The molecule has 5 rings (SSSR count). The average Bonchev–Trinajstić information content (AvgIpc) is 2.89. The molecule has 1 heterocycles. The van der Waals surface area contributed by atoms with E-state index in [9.17, 15) is 9.90 Å². The fourth-order valence-electron chi connectivity index (χ4n) is 3.91. The molecule has 4 nitrogen and oxygen atoms in total. The number of phenols is 1. The monoisotopic (exact) mass is 545 g/mol. The van der Waals surface area contributed by atoms with Crippen molar-refractivity contribution < 1.29 is 5.11 Å². The summed E-state index contributed by atoms with van der Waals surface area (Å²) in [7, 11) is 0. The molecule has 35 heavy (non-hydrogen) atoms. The van der Waals surface area contributed by atoms with Crippen LogP contribution < -0.4 is 14.5 Å². The van der Waals surface area contributed by atoms with Crippen LogP contribution in [0.3, 0.4) is 0 Å². The van der Waals surface area contributed by atoms with Crippen LogP contribution in [-0.2, 0) is 0 Å². The maximum absolute atomic E-state index is 13.5. The summed E-state index contributed by atoms with van der Waals surface area (Å²) in [5.74, 6) is 0.864. The molecule has 1 N–H and O–H groups in total. The molecular formula is C29H22ClN2O2Se. The standard InChI is InChI=1S/C29H22ClN2O2Se/c30-21-16-18-22(19-17-21)32-28(31-25-12-5-4-11-24(25)29(32)34)15-8-20-35(23-9-2-1-3-10-23)27-14-7-6-13-26(27)33/h1-19,33H,20H2/b15-8+. The van der Waals surface area contributed by atoms with Gasteiger partial charge in [0.2, 0.25) is 0 Å². The summed E-state index contributed by atoms with van der Waals surface area (Å²) < 4.78 is 3.82. The van der Waals surface area contributed by atoms with Crippen molar-refractivity contribution in [1.29, 1.82) is 0 Å². The Bertz CT molecular complexity index is 1560. The van der Waals surface area contributed by atoms with Crippen LogP contribution in [0.25, 0.3) is 22.7 Å². The zero-order chi connectivity index (χ0) is 24.2. The molecule has 0 fully saturated rings. The topological polar surface area (TPSA) is 55.1 Å². The van der Waals surface area contributed by atoms with E-state index in [1.807, 2.05) is 72.8 Å². The number of rotatable bonds is 6. The quantitative estimate of drug-likeness (QED) is 0.304. The number of hydrogen-bond acceptors (Lipinski definition) is 3. The Morgan fingerprint density at radius 2 is 1.54 bits per heavy atom. The first kappa shape index (κ1) is 23.1. The molecule has 4 aromatic carbocycles.